The summed E-state index contributed by atoms with van der Waals surface area (Å²) in [6, 6.07) is 6.27. The fraction of sp³-hybridized carbons (Fsp3) is 0.600. The summed E-state index contributed by atoms with van der Waals surface area (Å²) >= 11 is 0. The summed E-state index contributed by atoms with van der Waals surface area (Å²) in [4.78, 5) is 2.30. The van der Waals surface area contributed by atoms with Gasteiger partial charge in [-0.1, -0.05) is 0 Å². The first-order valence-electron chi connectivity index (χ1n) is 6.74. The van der Waals surface area contributed by atoms with Gasteiger partial charge in [0.15, 0.2) is 11.5 Å². The van der Waals surface area contributed by atoms with Crippen LogP contribution in [0.5, 0.6) is 11.5 Å². The molecule has 0 radical (unpaired) electrons. The van der Waals surface area contributed by atoms with Crippen molar-refractivity contribution in [2.45, 2.75) is 52.9 Å². The number of hydrogen-bond donors (Lipinski definition) is 1. The van der Waals surface area contributed by atoms with Crippen LogP contribution < -0.4 is 15.2 Å². The van der Waals surface area contributed by atoms with Gasteiger partial charge in [-0.3, -0.25) is 4.90 Å². The highest BCUT2D eigenvalue weighted by atomic mass is 16.5. The molecular formula is C15H26N2O2. The summed E-state index contributed by atoms with van der Waals surface area (Å²) < 4.78 is 11.3. The highest BCUT2D eigenvalue weighted by molar-refractivity contribution is 5.51. The molecule has 19 heavy (non-hydrogen) atoms. The first-order valence-corrected chi connectivity index (χ1v) is 6.74. The molecule has 4 nitrogen and oxygen atoms in total. The molecule has 2 N–H and O–H groups in total. The van der Waals surface area contributed by atoms with Crippen LogP contribution in [-0.2, 0) is 0 Å². The number of rotatable bonds is 6. The molecule has 0 saturated heterocycles. The van der Waals surface area contributed by atoms with E-state index >= 15 is 0 Å². The maximum Gasteiger partial charge on any atom is 0.163 e. The van der Waals surface area contributed by atoms with Gasteiger partial charge in [0.1, 0.15) is 6.23 Å². The molecule has 4 heteroatoms. The highest BCUT2D eigenvalue weighted by Gasteiger charge is 2.22. The van der Waals surface area contributed by atoms with Crippen molar-refractivity contribution in [1.29, 1.82) is 0 Å². The van der Waals surface area contributed by atoms with E-state index in [1.54, 1.807) is 13.2 Å². The van der Waals surface area contributed by atoms with E-state index in [0.717, 1.165) is 5.75 Å². The van der Waals surface area contributed by atoms with Crippen LogP contribution in [0.1, 0.15) is 34.6 Å². The first kappa shape index (κ1) is 15.6. The van der Waals surface area contributed by atoms with Crippen molar-refractivity contribution >= 4 is 5.69 Å². The van der Waals surface area contributed by atoms with Gasteiger partial charge in [-0.25, -0.2) is 0 Å². The Kier molecular flexibility index (Phi) is 5.48. The number of nitrogen functional groups attached to an aromatic ring is 1. The number of anilines is 1. The second-order valence-electron chi connectivity index (χ2n) is 5.26. The van der Waals surface area contributed by atoms with Crippen LogP contribution in [0.4, 0.5) is 5.69 Å². The Morgan fingerprint density at radius 2 is 1.58 bits per heavy atom. The van der Waals surface area contributed by atoms with E-state index in [-0.39, 0.29) is 6.23 Å². The third-order valence-electron chi connectivity index (χ3n) is 3.10. The summed E-state index contributed by atoms with van der Waals surface area (Å²) in [6.07, 6.45) is -0.0301. The molecule has 0 aliphatic rings. The van der Waals surface area contributed by atoms with E-state index in [4.69, 9.17) is 15.2 Å². The molecule has 108 valence electrons. The van der Waals surface area contributed by atoms with Crippen LogP contribution in [0.3, 0.4) is 0 Å². The quantitative estimate of drug-likeness (QED) is 0.635. The Morgan fingerprint density at radius 1 is 1.00 bits per heavy atom. The second-order valence-corrected chi connectivity index (χ2v) is 5.26. The largest absolute Gasteiger partial charge is 0.493 e. The van der Waals surface area contributed by atoms with E-state index < -0.39 is 0 Å². The van der Waals surface area contributed by atoms with Crippen molar-refractivity contribution in [3.63, 3.8) is 0 Å². The van der Waals surface area contributed by atoms with Crippen molar-refractivity contribution in [3.05, 3.63) is 18.2 Å². The Hall–Kier alpha value is -1.42. The van der Waals surface area contributed by atoms with Gasteiger partial charge < -0.3 is 15.2 Å². The van der Waals surface area contributed by atoms with Gasteiger partial charge in [0.25, 0.3) is 0 Å². The van der Waals surface area contributed by atoms with E-state index in [0.29, 0.717) is 23.5 Å². The van der Waals surface area contributed by atoms with Gasteiger partial charge in [0.05, 0.1) is 7.11 Å². The minimum Gasteiger partial charge on any atom is -0.493 e. The van der Waals surface area contributed by atoms with Crippen molar-refractivity contribution in [2.24, 2.45) is 0 Å². The summed E-state index contributed by atoms with van der Waals surface area (Å²) in [5.41, 5.74) is 6.41. The minimum absolute atomic E-state index is 0.0301. The number of nitrogens with two attached hydrogens (primary N) is 1. The van der Waals surface area contributed by atoms with Crippen LogP contribution in [-0.4, -0.2) is 30.3 Å². The summed E-state index contributed by atoms with van der Waals surface area (Å²) in [5, 5.41) is 0. The molecule has 0 aliphatic carbocycles. The van der Waals surface area contributed by atoms with Crippen LogP contribution in [0.15, 0.2) is 18.2 Å². The fourth-order valence-electron chi connectivity index (χ4n) is 2.46. The van der Waals surface area contributed by atoms with Crippen molar-refractivity contribution in [2.75, 3.05) is 12.8 Å². The van der Waals surface area contributed by atoms with E-state index in [9.17, 15) is 0 Å². The SMILES string of the molecule is COc1cc(N)ccc1OC(C)N(C(C)C)C(C)C. The molecule has 1 aromatic carbocycles. The third-order valence-corrected chi connectivity index (χ3v) is 3.10. The fourth-order valence-corrected chi connectivity index (χ4v) is 2.46. The molecule has 1 unspecified atom stereocenters. The van der Waals surface area contributed by atoms with Crippen molar-refractivity contribution in [1.82, 2.24) is 4.90 Å². The van der Waals surface area contributed by atoms with E-state index in [1.807, 2.05) is 12.1 Å². The summed E-state index contributed by atoms with van der Waals surface area (Å²) in [6.45, 7) is 10.7. The van der Waals surface area contributed by atoms with Crippen molar-refractivity contribution < 1.29 is 9.47 Å². The van der Waals surface area contributed by atoms with Crippen LogP contribution in [0, 0.1) is 0 Å². The minimum atomic E-state index is -0.0301. The number of benzene rings is 1. The molecule has 0 aliphatic heterocycles. The monoisotopic (exact) mass is 266 g/mol. The van der Waals surface area contributed by atoms with Gasteiger partial charge in [-0.05, 0) is 46.8 Å². The van der Waals surface area contributed by atoms with Gasteiger partial charge in [0.2, 0.25) is 0 Å². The molecule has 0 aromatic heterocycles. The average Bonchev–Trinajstić information content (AvgIpc) is 2.30. The molecule has 0 fully saturated rings. The Balaban J connectivity index is 2.89. The molecule has 1 rings (SSSR count). The zero-order valence-corrected chi connectivity index (χ0v) is 12.8. The molecule has 0 heterocycles. The van der Waals surface area contributed by atoms with Gasteiger partial charge in [-0.2, -0.15) is 0 Å². The number of nitrogens with zero attached hydrogens (tertiary/aromatic N) is 1. The summed E-state index contributed by atoms with van der Waals surface area (Å²) in [7, 11) is 1.62. The molecular weight excluding hydrogens is 240 g/mol. The molecule has 1 atom stereocenters. The average molecular weight is 266 g/mol. The standard InChI is InChI=1S/C15H26N2O2/c1-10(2)17(11(3)4)12(5)19-14-8-7-13(16)9-15(14)18-6/h7-12H,16H2,1-6H3. The van der Waals surface area contributed by atoms with Gasteiger partial charge >= 0.3 is 0 Å². The second kappa shape index (κ2) is 6.66. The van der Waals surface area contributed by atoms with E-state index in [1.165, 1.54) is 0 Å². The first-order chi connectivity index (χ1) is 8.86. The molecule has 1 aromatic rings. The number of methoxy groups -OCH3 is 1. The Labute approximate surface area is 116 Å². The molecule has 0 bridgehead atoms. The zero-order chi connectivity index (χ0) is 14.6. The predicted molar refractivity (Wildman–Crippen MR) is 79.6 cm³/mol. The normalized spacial score (nSPS) is 13.1. The molecule has 0 spiro atoms. The topological polar surface area (TPSA) is 47.7 Å². The van der Waals surface area contributed by atoms with Crippen LogP contribution in [0.25, 0.3) is 0 Å². The Bertz CT molecular complexity index is 397. The third kappa shape index (κ3) is 4.03. The Morgan fingerprint density at radius 3 is 2.05 bits per heavy atom. The molecule has 0 amide bonds. The predicted octanol–water partition coefficient (Wildman–Crippen LogP) is 3.12. The smallest absolute Gasteiger partial charge is 0.163 e. The summed E-state index contributed by atoms with van der Waals surface area (Å²) in [5.74, 6) is 1.38. The lowest BCUT2D eigenvalue weighted by Gasteiger charge is -2.36. The lowest BCUT2D eigenvalue weighted by atomic mass is 10.2. The maximum atomic E-state index is 6.02. The lowest BCUT2D eigenvalue weighted by molar-refractivity contribution is -0.00693. The number of hydrogen-bond acceptors (Lipinski definition) is 4. The van der Waals surface area contributed by atoms with Gasteiger partial charge in [0, 0.05) is 23.8 Å². The lowest BCUT2D eigenvalue weighted by Crippen LogP contribution is -2.46. The van der Waals surface area contributed by atoms with Crippen molar-refractivity contribution in [3.8, 4) is 11.5 Å². The van der Waals surface area contributed by atoms with E-state index in [2.05, 4.69) is 39.5 Å². The van der Waals surface area contributed by atoms with Gasteiger partial charge in [-0.15, -0.1) is 0 Å². The van der Waals surface area contributed by atoms with Crippen LogP contribution >= 0.6 is 0 Å². The highest BCUT2D eigenvalue weighted by Crippen LogP contribution is 2.30. The number of ether oxygens (including phenoxy) is 2. The molecule has 0 saturated carbocycles. The maximum absolute atomic E-state index is 6.02. The van der Waals surface area contributed by atoms with Crippen LogP contribution in [0.2, 0.25) is 0 Å². The zero-order valence-electron chi connectivity index (χ0n) is 12.8.